The van der Waals surface area contributed by atoms with E-state index in [2.05, 4.69) is 5.32 Å². The molecule has 0 aliphatic carbocycles. The average molecular weight is 297 g/mol. The van der Waals surface area contributed by atoms with Crippen LogP contribution in [0, 0.1) is 0 Å². The van der Waals surface area contributed by atoms with E-state index in [-0.39, 0.29) is 5.92 Å². The summed E-state index contributed by atoms with van der Waals surface area (Å²) in [6.07, 6.45) is 0.848. The summed E-state index contributed by atoms with van der Waals surface area (Å²) in [5, 5.41) is 12.3. The molecule has 2 N–H and O–H groups in total. The van der Waals surface area contributed by atoms with Crippen molar-refractivity contribution in [1.82, 2.24) is 5.32 Å². The van der Waals surface area contributed by atoms with Gasteiger partial charge in [0.05, 0.1) is 0 Å². The van der Waals surface area contributed by atoms with Gasteiger partial charge in [0.2, 0.25) is 0 Å². The van der Waals surface area contributed by atoms with Crippen LogP contribution in [0.25, 0.3) is 0 Å². The summed E-state index contributed by atoms with van der Waals surface area (Å²) in [6.45, 7) is 1.27. The van der Waals surface area contributed by atoms with Crippen molar-refractivity contribution in [3.63, 3.8) is 0 Å². The summed E-state index contributed by atoms with van der Waals surface area (Å²) < 4.78 is 5.75. The zero-order chi connectivity index (χ0) is 15.4. The highest BCUT2D eigenvalue weighted by molar-refractivity contribution is 5.75. The number of hydrogen-bond acceptors (Lipinski definition) is 3. The number of nitrogens with one attached hydrogen (secondary N) is 1. The fourth-order valence-electron chi connectivity index (χ4n) is 2.87. The number of rotatable bonds is 5. The first-order chi connectivity index (χ1) is 10.7. The van der Waals surface area contributed by atoms with Crippen molar-refractivity contribution in [2.45, 2.75) is 25.0 Å². The van der Waals surface area contributed by atoms with Crippen LogP contribution in [0.2, 0.25) is 0 Å². The van der Waals surface area contributed by atoms with Crippen molar-refractivity contribution in [2.75, 3.05) is 6.54 Å². The molecule has 2 aromatic carbocycles. The van der Waals surface area contributed by atoms with Crippen molar-refractivity contribution in [3.8, 4) is 5.75 Å². The minimum atomic E-state index is -0.785. The van der Waals surface area contributed by atoms with Crippen LogP contribution in [0.3, 0.4) is 0 Å². The Balaban J connectivity index is 1.64. The number of aliphatic carboxylic acids is 1. The molecule has 1 fully saturated rings. The van der Waals surface area contributed by atoms with Crippen LogP contribution in [0.4, 0.5) is 0 Å². The summed E-state index contributed by atoms with van der Waals surface area (Å²) in [4.78, 5) is 11.2. The zero-order valence-electron chi connectivity index (χ0n) is 12.2. The SMILES string of the molecule is O=C(O)[C@H]1NCC[C@H]1c1ccc(OCc2ccccc2)cc1. The number of carboxylic acid groups (broad SMARTS) is 1. The van der Waals surface area contributed by atoms with Crippen LogP contribution >= 0.6 is 0 Å². The summed E-state index contributed by atoms with van der Waals surface area (Å²) in [6, 6.07) is 17.3. The third-order valence-electron chi connectivity index (χ3n) is 4.04. The molecule has 0 unspecified atom stereocenters. The largest absolute Gasteiger partial charge is 0.489 e. The highest BCUT2D eigenvalue weighted by Crippen LogP contribution is 2.29. The number of carbonyl (C=O) groups is 1. The van der Waals surface area contributed by atoms with Crippen LogP contribution in [0.5, 0.6) is 5.75 Å². The molecule has 114 valence electrons. The number of hydrogen-bond donors (Lipinski definition) is 2. The van der Waals surface area contributed by atoms with Crippen LogP contribution < -0.4 is 10.1 Å². The lowest BCUT2D eigenvalue weighted by molar-refractivity contribution is -0.139. The molecule has 2 atom stereocenters. The molecule has 4 heteroatoms. The maximum atomic E-state index is 11.2. The zero-order valence-corrected chi connectivity index (χ0v) is 12.2. The molecule has 0 radical (unpaired) electrons. The van der Waals surface area contributed by atoms with Gasteiger partial charge in [0.15, 0.2) is 0 Å². The van der Waals surface area contributed by atoms with E-state index in [0.717, 1.165) is 29.8 Å². The van der Waals surface area contributed by atoms with E-state index in [9.17, 15) is 9.90 Å². The minimum absolute atomic E-state index is 0.0284. The molecule has 0 amide bonds. The Labute approximate surface area is 129 Å². The molecule has 0 aromatic heterocycles. The van der Waals surface area contributed by atoms with E-state index in [1.807, 2.05) is 54.6 Å². The third-order valence-corrected chi connectivity index (χ3v) is 4.04. The van der Waals surface area contributed by atoms with Crippen LogP contribution in [0.15, 0.2) is 54.6 Å². The number of benzene rings is 2. The highest BCUT2D eigenvalue weighted by Gasteiger charge is 2.33. The predicted molar refractivity (Wildman–Crippen MR) is 84.0 cm³/mol. The number of ether oxygens (including phenoxy) is 1. The maximum Gasteiger partial charge on any atom is 0.321 e. The maximum absolute atomic E-state index is 11.2. The van der Waals surface area contributed by atoms with Crippen molar-refractivity contribution in [3.05, 3.63) is 65.7 Å². The second-order valence-electron chi connectivity index (χ2n) is 5.51. The fourth-order valence-corrected chi connectivity index (χ4v) is 2.87. The predicted octanol–water partition coefficient (Wildman–Crippen LogP) is 2.80. The van der Waals surface area contributed by atoms with Crippen LogP contribution in [-0.2, 0) is 11.4 Å². The molecular weight excluding hydrogens is 278 g/mol. The van der Waals surface area contributed by atoms with E-state index >= 15 is 0 Å². The van der Waals surface area contributed by atoms with Crippen molar-refractivity contribution < 1.29 is 14.6 Å². The Morgan fingerprint density at radius 3 is 2.55 bits per heavy atom. The van der Waals surface area contributed by atoms with Crippen molar-refractivity contribution >= 4 is 5.97 Å². The molecule has 2 aromatic rings. The van der Waals surface area contributed by atoms with Gasteiger partial charge < -0.3 is 15.2 Å². The Morgan fingerprint density at radius 1 is 1.14 bits per heavy atom. The van der Waals surface area contributed by atoms with Gasteiger partial charge in [-0.1, -0.05) is 42.5 Å². The second-order valence-corrected chi connectivity index (χ2v) is 5.51. The lowest BCUT2D eigenvalue weighted by Crippen LogP contribution is -2.34. The van der Waals surface area contributed by atoms with Gasteiger partial charge in [-0.3, -0.25) is 4.79 Å². The first kappa shape index (κ1) is 14.6. The normalized spacial score (nSPS) is 20.7. The van der Waals surface area contributed by atoms with Gasteiger partial charge in [0, 0.05) is 5.92 Å². The Kier molecular flexibility index (Phi) is 4.39. The summed E-state index contributed by atoms with van der Waals surface area (Å²) >= 11 is 0. The van der Waals surface area contributed by atoms with Gasteiger partial charge in [0.1, 0.15) is 18.4 Å². The Bertz CT molecular complexity index is 625. The first-order valence-electron chi connectivity index (χ1n) is 7.47. The molecule has 0 spiro atoms. The van der Waals surface area contributed by atoms with E-state index in [1.54, 1.807) is 0 Å². The second kappa shape index (κ2) is 6.62. The lowest BCUT2D eigenvalue weighted by Gasteiger charge is -2.16. The third kappa shape index (κ3) is 3.28. The molecule has 0 saturated carbocycles. The van der Waals surface area contributed by atoms with Crippen LogP contribution in [-0.4, -0.2) is 23.7 Å². The van der Waals surface area contributed by atoms with Gasteiger partial charge in [0.25, 0.3) is 0 Å². The highest BCUT2D eigenvalue weighted by atomic mass is 16.5. The van der Waals surface area contributed by atoms with Crippen LogP contribution in [0.1, 0.15) is 23.5 Å². The summed E-state index contributed by atoms with van der Waals surface area (Å²) in [5.74, 6) is 0.0398. The van der Waals surface area contributed by atoms with E-state index in [1.165, 1.54) is 0 Å². The van der Waals surface area contributed by atoms with Gasteiger partial charge >= 0.3 is 5.97 Å². The van der Waals surface area contributed by atoms with Gasteiger partial charge in [-0.2, -0.15) is 0 Å². The van der Waals surface area contributed by atoms with Crippen molar-refractivity contribution in [2.24, 2.45) is 0 Å². The average Bonchev–Trinajstić information content (AvgIpc) is 3.04. The first-order valence-corrected chi connectivity index (χ1v) is 7.47. The van der Waals surface area contributed by atoms with E-state index in [0.29, 0.717) is 6.61 Å². The molecule has 1 aliphatic rings. The quantitative estimate of drug-likeness (QED) is 0.891. The summed E-state index contributed by atoms with van der Waals surface area (Å²) in [5.41, 5.74) is 2.17. The van der Waals surface area contributed by atoms with Gasteiger partial charge in [-0.15, -0.1) is 0 Å². The summed E-state index contributed by atoms with van der Waals surface area (Å²) in [7, 11) is 0. The smallest absolute Gasteiger partial charge is 0.321 e. The standard InChI is InChI=1S/C18H19NO3/c20-18(21)17-16(10-11-19-17)14-6-8-15(9-7-14)22-12-13-4-2-1-3-5-13/h1-9,16-17,19H,10-12H2,(H,20,21)/t16-,17-/m0/s1. The lowest BCUT2D eigenvalue weighted by atomic mass is 9.92. The monoisotopic (exact) mass is 297 g/mol. The fraction of sp³-hybridized carbons (Fsp3) is 0.278. The molecular formula is C18H19NO3. The van der Waals surface area contributed by atoms with Gasteiger partial charge in [-0.25, -0.2) is 0 Å². The molecule has 1 heterocycles. The number of carboxylic acids is 1. The molecule has 1 aliphatic heterocycles. The molecule has 22 heavy (non-hydrogen) atoms. The van der Waals surface area contributed by atoms with Gasteiger partial charge in [-0.05, 0) is 36.2 Å². The Morgan fingerprint density at radius 2 is 1.86 bits per heavy atom. The van der Waals surface area contributed by atoms with E-state index < -0.39 is 12.0 Å². The molecule has 4 nitrogen and oxygen atoms in total. The minimum Gasteiger partial charge on any atom is -0.489 e. The topological polar surface area (TPSA) is 58.6 Å². The molecule has 3 rings (SSSR count). The molecule has 1 saturated heterocycles. The Hall–Kier alpha value is -2.33. The van der Waals surface area contributed by atoms with E-state index in [4.69, 9.17) is 4.74 Å². The van der Waals surface area contributed by atoms with Crippen molar-refractivity contribution in [1.29, 1.82) is 0 Å². The molecule has 0 bridgehead atoms.